The highest BCUT2D eigenvalue weighted by Gasteiger charge is 2.65. The molecular weight excluding hydrogens is 342 g/mol. The standard InChI is InChI=1S/C19H20F4.2FH/c1-13-5-9-15(10-6-13)19(17(3,20)21,18(4,22)23)16-11-7-14(2)8-12-16;;/h5-12H,1-4H3;2*1H. The van der Waals surface area contributed by atoms with E-state index < -0.39 is 17.3 Å². The molecule has 0 aliphatic carbocycles. The van der Waals surface area contributed by atoms with Gasteiger partial charge >= 0.3 is 0 Å². The second-order valence-corrected chi connectivity index (χ2v) is 6.26. The summed E-state index contributed by atoms with van der Waals surface area (Å²) in [4.78, 5) is 0. The second-order valence-electron chi connectivity index (χ2n) is 6.26. The van der Waals surface area contributed by atoms with Gasteiger partial charge in [-0.05, 0) is 25.0 Å². The third kappa shape index (κ3) is 3.83. The minimum Gasteiger partial charge on any atom is -0.269 e. The number of halogens is 6. The molecular formula is C19H22F6. The maximum Gasteiger partial charge on any atom is 0.264 e. The molecule has 0 saturated heterocycles. The number of benzene rings is 2. The van der Waals surface area contributed by atoms with E-state index in [0.29, 0.717) is 13.8 Å². The summed E-state index contributed by atoms with van der Waals surface area (Å²) in [7, 11) is 0. The molecule has 0 saturated carbocycles. The van der Waals surface area contributed by atoms with E-state index in [1.54, 1.807) is 38.1 Å². The Hall–Kier alpha value is -1.98. The molecule has 0 aromatic heterocycles. The molecule has 0 radical (unpaired) electrons. The Morgan fingerprint density at radius 2 is 0.800 bits per heavy atom. The van der Waals surface area contributed by atoms with Crippen molar-refractivity contribution in [1.82, 2.24) is 0 Å². The highest BCUT2D eigenvalue weighted by atomic mass is 19.3. The minimum atomic E-state index is -3.66. The van der Waals surface area contributed by atoms with Crippen molar-refractivity contribution in [3.63, 3.8) is 0 Å². The molecule has 2 aromatic carbocycles. The van der Waals surface area contributed by atoms with Crippen molar-refractivity contribution < 1.29 is 27.0 Å². The molecule has 0 amide bonds. The Labute approximate surface area is 143 Å². The average molecular weight is 364 g/mol. The molecule has 0 nitrogen and oxygen atoms in total. The predicted octanol–water partition coefficient (Wildman–Crippen LogP) is 6.20. The Morgan fingerprint density at radius 1 is 0.560 bits per heavy atom. The number of hydrogen-bond acceptors (Lipinski definition) is 0. The summed E-state index contributed by atoms with van der Waals surface area (Å²) in [6, 6.07) is 11.8. The summed E-state index contributed by atoms with van der Waals surface area (Å²) in [6.45, 7) is 4.69. The zero-order chi connectivity index (χ0) is 17.5. The van der Waals surface area contributed by atoms with Gasteiger partial charge in [-0.3, -0.25) is 9.41 Å². The average Bonchev–Trinajstić information content (AvgIpc) is 2.40. The fourth-order valence-corrected chi connectivity index (χ4v) is 3.17. The van der Waals surface area contributed by atoms with E-state index in [2.05, 4.69) is 0 Å². The summed E-state index contributed by atoms with van der Waals surface area (Å²) in [5.74, 6) is -7.31. The zero-order valence-corrected chi connectivity index (χ0v) is 14.4. The quantitative estimate of drug-likeness (QED) is 0.566. The van der Waals surface area contributed by atoms with Gasteiger partial charge < -0.3 is 0 Å². The third-order valence-electron chi connectivity index (χ3n) is 4.29. The van der Waals surface area contributed by atoms with Crippen molar-refractivity contribution in [3.8, 4) is 0 Å². The van der Waals surface area contributed by atoms with Gasteiger partial charge in [0.1, 0.15) is 5.41 Å². The van der Waals surface area contributed by atoms with Crippen LogP contribution in [0.1, 0.15) is 36.1 Å². The van der Waals surface area contributed by atoms with E-state index in [1.807, 2.05) is 0 Å². The molecule has 0 heterocycles. The fraction of sp³-hybridized carbons (Fsp3) is 0.368. The molecule has 2 aromatic rings. The second kappa shape index (κ2) is 7.50. The highest BCUT2D eigenvalue weighted by Crippen LogP contribution is 2.54. The van der Waals surface area contributed by atoms with E-state index in [9.17, 15) is 17.6 Å². The van der Waals surface area contributed by atoms with E-state index in [-0.39, 0.29) is 20.5 Å². The van der Waals surface area contributed by atoms with Gasteiger partial charge in [-0.2, -0.15) is 0 Å². The molecule has 0 atom stereocenters. The van der Waals surface area contributed by atoms with Crippen LogP contribution < -0.4 is 0 Å². The molecule has 0 aliphatic heterocycles. The van der Waals surface area contributed by atoms with Gasteiger partial charge in [0.05, 0.1) is 0 Å². The van der Waals surface area contributed by atoms with Crippen molar-refractivity contribution >= 4 is 0 Å². The zero-order valence-electron chi connectivity index (χ0n) is 14.4. The number of hydrogen-bond donors (Lipinski definition) is 0. The van der Waals surface area contributed by atoms with E-state index >= 15 is 0 Å². The number of aryl methyl sites for hydroxylation is 2. The molecule has 0 unspecified atom stereocenters. The maximum absolute atomic E-state index is 14.6. The Bertz CT molecular complexity index is 602. The van der Waals surface area contributed by atoms with Crippen LogP contribution in [0.5, 0.6) is 0 Å². The van der Waals surface area contributed by atoms with Gasteiger partial charge in [0, 0.05) is 13.8 Å². The first-order valence-electron chi connectivity index (χ1n) is 7.40. The lowest BCUT2D eigenvalue weighted by atomic mass is 9.66. The lowest BCUT2D eigenvalue weighted by molar-refractivity contribution is -0.159. The van der Waals surface area contributed by atoms with Gasteiger partial charge in [-0.15, -0.1) is 0 Å². The summed E-state index contributed by atoms with van der Waals surface area (Å²) in [6.07, 6.45) is 0. The van der Waals surface area contributed by atoms with Crippen LogP contribution in [-0.4, -0.2) is 11.8 Å². The molecule has 0 aliphatic rings. The predicted molar refractivity (Wildman–Crippen MR) is 89.4 cm³/mol. The SMILES string of the molecule is Cc1ccc(C(c2ccc(C)cc2)(C(C)(F)F)C(C)(F)F)cc1.F.F. The van der Waals surface area contributed by atoms with Gasteiger partial charge in [-0.1, -0.05) is 59.7 Å². The molecule has 140 valence electrons. The third-order valence-corrected chi connectivity index (χ3v) is 4.29. The number of alkyl halides is 4. The molecule has 0 spiro atoms. The van der Waals surface area contributed by atoms with Crippen LogP contribution in [-0.2, 0) is 5.41 Å². The van der Waals surface area contributed by atoms with E-state index in [4.69, 9.17) is 0 Å². The van der Waals surface area contributed by atoms with Gasteiger partial charge in [0.2, 0.25) is 0 Å². The summed E-state index contributed by atoms with van der Waals surface area (Å²) < 4.78 is 58.5. The van der Waals surface area contributed by atoms with Crippen molar-refractivity contribution in [2.45, 2.75) is 45.0 Å². The van der Waals surface area contributed by atoms with Crippen LogP contribution in [0.25, 0.3) is 0 Å². The van der Waals surface area contributed by atoms with Crippen LogP contribution in [0.4, 0.5) is 27.0 Å². The summed E-state index contributed by atoms with van der Waals surface area (Å²) >= 11 is 0. The minimum absolute atomic E-state index is 0. The van der Waals surface area contributed by atoms with Crippen LogP contribution in [0.15, 0.2) is 48.5 Å². The first kappa shape index (κ1) is 23.0. The lowest BCUT2D eigenvalue weighted by Gasteiger charge is -2.43. The van der Waals surface area contributed by atoms with Crippen molar-refractivity contribution in [2.75, 3.05) is 0 Å². The van der Waals surface area contributed by atoms with Gasteiger partial charge in [0.25, 0.3) is 11.8 Å². The Morgan fingerprint density at radius 3 is 1.00 bits per heavy atom. The first-order chi connectivity index (χ1) is 10.5. The van der Waals surface area contributed by atoms with Crippen LogP contribution in [0.2, 0.25) is 0 Å². The van der Waals surface area contributed by atoms with Crippen molar-refractivity contribution in [3.05, 3.63) is 70.8 Å². The molecule has 0 N–H and O–H groups in total. The van der Waals surface area contributed by atoms with Crippen LogP contribution in [0, 0.1) is 13.8 Å². The Kier molecular flexibility index (Phi) is 6.90. The molecule has 0 fully saturated rings. The smallest absolute Gasteiger partial charge is 0.264 e. The fourth-order valence-electron chi connectivity index (χ4n) is 3.17. The van der Waals surface area contributed by atoms with Crippen molar-refractivity contribution in [2.24, 2.45) is 0 Å². The normalized spacial score (nSPS) is 12.2. The van der Waals surface area contributed by atoms with Gasteiger partial charge in [0.15, 0.2) is 0 Å². The summed E-state index contributed by atoms with van der Waals surface area (Å²) in [5.41, 5.74) is -1.25. The van der Waals surface area contributed by atoms with Crippen LogP contribution >= 0.6 is 0 Å². The maximum atomic E-state index is 14.6. The molecule has 2 rings (SSSR count). The van der Waals surface area contributed by atoms with E-state index in [0.717, 1.165) is 11.1 Å². The Balaban J connectivity index is 0.00000288. The number of rotatable bonds is 4. The van der Waals surface area contributed by atoms with Crippen LogP contribution in [0.3, 0.4) is 0 Å². The lowest BCUT2D eigenvalue weighted by Crippen LogP contribution is -2.56. The monoisotopic (exact) mass is 364 g/mol. The largest absolute Gasteiger partial charge is 0.269 e. The topological polar surface area (TPSA) is 0 Å². The molecule has 0 bridgehead atoms. The van der Waals surface area contributed by atoms with Gasteiger partial charge in [-0.25, -0.2) is 17.6 Å². The summed E-state index contributed by atoms with van der Waals surface area (Å²) in [5, 5.41) is 0. The first-order valence-corrected chi connectivity index (χ1v) is 7.40. The van der Waals surface area contributed by atoms with E-state index in [1.165, 1.54) is 24.3 Å². The molecule has 6 heteroatoms. The highest BCUT2D eigenvalue weighted by molar-refractivity contribution is 5.46. The van der Waals surface area contributed by atoms with Crippen molar-refractivity contribution in [1.29, 1.82) is 0 Å². The molecule has 25 heavy (non-hydrogen) atoms.